The van der Waals surface area contributed by atoms with Crippen molar-refractivity contribution in [2.75, 3.05) is 5.32 Å². The number of rotatable bonds is 2. The molecule has 1 aromatic carbocycles. The molecular weight excluding hydrogens is 252 g/mol. The van der Waals surface area contributed by atoms with Crippen LogP contribution < -0.4 is 5.32 Å². The van der Waals surface area contributed by atoms with Crippen molar-refractivity contribution >= 4 is 11.9 Å². The number of hydrogen-bond acceptors (Lipinski definition) is 3. The van der Waals surface area contributed by atoms with Crippen molar-refractivity contribution in [1.82, 2.24) is 14.8 Å². The van der Waals surface area contributed by atoms with Gasteiger partial charge in [-0.15, -0.1) is 0 Å². The van der Waals surface area contributed by atoms with Crippen LogP contribution in [0.2, 0.25) is 0 Å². The van der Waals surface area contributed by atoms with Gasteiger partial charge >= 0.3 is 0 Å². The van der Waals surface area contributed by atoms with E-state index in [1.807, 2.05) is 13.0 Å². The van der Waals surface area contributed by atoms with E-state index in [4.69, 9.17) is 0 Å². The third-order valence-corrected chi connectivity index (χ3v) is 3.87. The Hall–Kier alpha value is -2.17. The first-order valence-corrected chi connectivity index (χ1v) is 6.93. The molecule has 3 rings (SSSR count). The van der Waals surface area contributed by atoms with Crippen LogP contribution in [0.5, 0.6) is 0 Å². The lowest BCUT2D eigenvalue weighted by Crippen LogP contribution is -2.18. The number of aryl methyl sites for hydroxylation is 4. The first-order valence-electron chi connectivity index (χ1n) is 6.93. The SMILES string of the molecule is Cc1cc2c(cc1C(=O)Nc1ncnn1C)CCCC2. The summed E-state index contributed by atoms with van der Waals surface area (Å²) in [7, 11) is 1.75. The molecule has 1 heterocycles. The van der Waals surface area contributed by atoms with Gasteiger partial charge < -0.3 is 0 Å². The molecule has 1 aromatic heterocycles. The predicted octanol–water partition coefficient (Wildman–Crippen LogP) is 2.25. The minimum absolute atomic E-state index is 0.119. The van der Waals surface area contributed by atoms with Crippen molar-refractivity contribution < 1.29 is 4.79 Å². The molecule has 5 nitrogen and oxygen atoms in total. The maximum absolute atomic E-state index is 12.4. The molecule has 0 unspecified atom stereocenters. The van der Waals surface area contributed by atoms with Gasteiger partial charge in [0.25, 0.3) is 5.91 Å². The average molecular weight is 270 g/mol. The van der Waals surface area contributed by atoms with Crippen molar-refractivity contribution in [2.24, 2.45) is 7.05 Å². The first-order chi connectivity index (χ1) is 9.65. The van der Waals surface area contributed by atoms with E-state index in [0.29, 0.717) is 5.95 Å². The van der Waals surface area contributed by atoms with Gasteiger partial charge in [-0.2, -0.15) is 10.1 Å². The van der Waals surface area contributed by atoms with E-state index < -0.39 is 0 Å². The summed E-state index contributed by atoms with van der Waals surface area (Å²) in [4.78, 5) is 16.4. The minimum atomic E-state index is -0.119. The predicted molar refractivity (Wildman–Crippen MR) is 76.8 cm³/mol. The van der Waals surface area contributed by atoms with E-state index >= 15 is 0 Å². The number of amides is 1. The van der Waals surface area contributed by atoms with E-state index in [9.17, 15) is 4.79 Å². The van der Waals surface area contributed by atoms with Crippen molar-refractivity contribution in [1.29, 1.82) is 0 Å². The topological polar surface area (TPSA) is 59.8 Å². The van der Waals surface area contributed by atoms with Crippen LogP contribution in [0.15, 0.2) is 18.5 Å². The van der Waals surface area contributed by atoms with Crippen molar-refractivity contribution in [3.05, 3.63) is 40.7 Å². The Morgan fingerprint density at radius 3 is 2.60 bits per heavy atom. The Morgan fingerprint density at radius 2 is 1.95 bits per heavy atom. The molecule has 0 radical (unpaired) electrons. The van der Waals surface area contributed by atoms with E-state index in [1.54, 1.807) is 11.7 Å². The fraction of sp³-hybridized carbons (Fsp3) is 0.400. The number of benzene rings is 1. The lowest BCUT2D eigenvalue weighted by atomic mass is 9.88. The molecule has 0 spiro atoms. The van der Waals surface area contributed by atoms with Crippen LogP contribution in [-0.2, 0) is 19.9 Å². The molecule has 0 fully saturated rings. The van der Waals surface area contributed by atoms with Crippen molar-refractivity contribution in [2.45, 2.75) is 32.6 Å². The summed E-state index contributed by atoms with van der Waals surface area (Å²) >= 11 is 0. The van der Waals surface area contributed by atoms with Crippen molar-refractivity contribution in [3.8, 4) is 0 Å². The molecule has 2 aromatic rings. The van der Waals surface area contributed by atoms with Crippen LogP contribution in [-0.4, -0.2) is 20.7 Å². The number of hydrogen-bond donors (Lipinski definition) is 1. The summed E-state index contributed by atoms with van der Waals surface area (Å²) in [5.74, 6) is 0.346. The molecule has 0 atom stereocenters. The molecule has 0 saturated carbocycles. The molecule has 1 aliphatic carbocycles. The number of aromatic nitrogens is 3. The van der Waals surface area contributed by atoms with E-state index in [0.717, 1.165) is 24.0 Å². The van der Waals surface area contributed by atoms with Gasteiger partial charge in [-0.05, 0) is 55.4 Å². The summed E-state index contributed by atoms with van der Waals surface area (Å²) < 4.78 is 1.55. The third-order valence-electron chi connectivity index (χ3n) is 3.87. The zero-order valence-electron chi connectivity index (χ0n) is 11.8. The Labute approximate surface area is 118 Å². The molecule has 1 amide bonds. The molecule has 1 aliphatic rings. The van der Waals surface area contributed by atoms with Crippen LogP contribution >= 0.6 is 0 Å². The van der Waals surface area contributed by atoms with E-state index in [1.165, 1.54) is 30.3 Å². The molecular formula is C15H18N4O. The largest absolute Gasteiger partial charge is 0.291 e. The van der Waals surface area contributed by atoms with E-state index in [2.05, 4.69) is 21.5 Å². The molecule has 20 heavy (non-hydrogen) atoms. The standard InChI is InChI=1S/C15H18N4O/c1-10-7-11-5-3-4-6-12(11)8-13(10)14(20)18-15-16-9-17-19(15)2/h7-9H,3-6H2,1-2H3,(H,16,17,18,20). The first kappa shape index (κ1) is 12.8. The second-order valence-corrected chi connectivity index (χ2v) is 5.30. The minimum Gasteiger partial charge on any atom is -0.291 e. The molecule has 0 aliphatic heterocycles. The Bertz CT molecular complexity index is 660. The highest BCUT2D eigenvalue weighted by molar-refractivity contribution is 6.04. The lowest BCUT2D eigenvalue weighted by molar-refractivity contribution is 0.102. The van der Waals surface area contributed by atoms with Gasteiger partial charge in [0.1, 0.15) is 6.33 Å². The van der Waals surface area contributed by atoms with Crippen LogP contribution in [0.4, 0.5) is 5.95 Å². The number of carbonyl (C=O) groups is 1. The van der Waals surface area contributed by atoms with Gasteiger partial charge in [0, 0.05) is 12.6 Å². The average Bonchev–Trinajstić information content (AvgIpc) is 2.83. The van der Waals surface area contributed by atoms with Gasteiger partial charge in [0.05, 0.1) is 0 Å². The number of fused-ring (bicyclic) bond motifs is 1. The van der Waals surface area contributed by atoms with Gasteiger partial charge in [-0.25, -0.2) is 4.68 Å². The molecule has 1 N–H and O–H groups in total. The molecule has 104 valence electrons. The normalized spacial score (nSPS) is 13.9. The fourth-order valence-corrected chi connectivity index (χ4v) is 2.73. The number of nitrogens with zero attached hydrogens (tertiary/aromatic N) is 3. The van der Waals surface area contributed by atoms with Crippen molar-refractivity contribution in [3.63, 3.8) is 0 Å². The van der Waals surface area contributed by atoms with Gasteiger partial charge in [-0.3, -0.25) is 10.1 Å². The summed E-state index contributed by atoms with van der Waals surface area (Å²) in [6.45, 7) is 1.99. The lowest BCUT2D eigenvalue weighted by Gasteiger charge is -2.18. The summed E-state index contributed by atoms with van der Waals surface area (Å²) in [6, 6.07) is 4.19. The fourth-order valence-electron chi connectivity index (χ4n) is 2.73. The Morgan fingerprint density at radius 1 is 1.25 bits per heavy atom. The zero-order valence-corrected chi connectivity index (χ0v) is 11.8. The second kappa shape index (κ2) is 5.07. The quantitative estimate of drug-likeness (QED) is 0.910. The number of nitrogens with one attached hydrogen (secondary N) is 1. The summed E-state index contributed by atoms with van der Waals surface area (Å²) in [5.41, 5.74) is 4.45. The highest BCUT2D eigenvalue weighted by Gasteiger charge is 2.17. The zero-order chi connectivity index (χ0) is 14.1. The molecule has 5 heteroatoms. The van der Waals surface area contributed by atoms with Crippen LogP contribution in [0, 0.1) is 6.92 Å². The van der Waals surface area contributed by atoms with E-state index in [-0.39, 0.29) is 5.91 Å². The summed E-state index contributed by atoms with van der Waals surface area (Å²) in [6.07, 6.45) is 6.08. The second-order valence-electron chi connectivity index (χ2n) is 5.30. The van der Waals surface area contributed by atoms with Gasteiger partial charge in [0.15, 0.2) is 0 Å². The maximum Gasteiger partial charge on any atom is 0.258 e. The highest BCUT2D eigenvalue weighted by Crippen LogP contribution is 2.25. The van der Waals surface area contributed by atoms with Gasteiger partial charge in [-0.1, -0.05) is 6.07 Å². The molecule has 0 bridgehead atoms. The monoisotopic (exact) mass is 270 g/mol. The maximum atomic E-state index is 12.4. The van der Waals surface area contributed by atoms with Gasteiger partial charge in [0.2, 0.25) is 5.95 Å². The van der Waals surface area contributed by atoms with Crippen LogP contribution in [0.3, 0.4) is 0 Å². The Balaban J connectivity index is 1.89. The number of anilines is 1. The van der Waals surface area contributed by atoms with Crippen LogP contribution in [0.1, 0.15) is 39.9 Å². The third kappa shape index (κ3) is 2.31. The Kier molecular flexibility index (Phi) is 3.26. The smallest absolute Gasteiger partial charge is 0.258 e. The van der Waals surface area contributed by atoms with Crippen LogP contribution in [0.25, 0.3) is 0 Å². The highest BCUT2D eigenvalue weighted by atomic mass is 16.1. The molecule has 0 saturated heterocycles. The number of carbonyl (C=O) groups excluding carboxylic acids is 1. The summed E-state index contributed by atoms with van der Waals surface area (Å²) in [5, 5.41) is 6.75.